The summed E-state index contributed by atoms with van der Waals surface area (Å²) >= 11 is 0. The number of fused-ring (bicyclic) bond motifs is 1. The maximum atomic E-state index is 14.0. The Labute approximate surface area is 166 Å². The SMILES string of the molecule is C=CCn1c(C#N)c(-c2cccc(F)c2)c2cc(-c3cnn(C)c3)ccc2c1=O. The van der Waals surface area contributed by atoms with Crippen LogP contribution < -0.4 is 5.56 Å². The van der Waals surface area contributed by atoms with Crippen molar-refractivity contribution >= 4 is 10.8 Å². The van der Waals surface area contributed by atoms with Crippen molar-refractivity contribution in [2.24, 2.45) is 7.05 Å². The molecule has 0 N–H and O–H groups in total. The molecule has 0 aliphatic carbocycles. The van der Waals surface area contributed by atoms with Crippen molar-refractivity contribution in [1.82, 2.24) is 14.3 Å². The van der Waals surface area contributed by atoms with E-state index in [0.717, 1.165) is 11.1 Å². The standard InChI is InChI=1S/C23H17FN4O/c1-3-9-28-21(12-25)22(16-5-4-6-18(24)10-16)20-11-15(7-8-19(20)23(28)29)17-13-26-27(2)14-17/h3-8,10-11,13-14H,1,9H2,2H3. The number of hydrogen-bond donors (Lipinski definition) is 0. The van der Waals surface area contributed by atoms with Gasteiger partial charge in [0.25, 0.3) is 5.56 Å². The minimum absolute atomic E-state index is 0.177. The molecule has 0 aliphatic rings. The Kier molecular flexibility index (Phi) is 4.57. The van der Waals surface area contributed by atoms with Crippen LogP contribution in [0.1, 0.15) is 5.69 Å². The molecular weight excluding hydrogens is 367 g/mol. The first kappa shape index (κ1) is 18.4. The van der Waals surface area contributed by atoms with Gasteiger partial charge in [-0.15, -0.1) is 6.58 Å². The first-order valence-corrected chi connectivity index (χ1v) is 9.00. The second-order valence-electron chi connectivity index (χ2n) is 6.71. The van der Waals surface area contributed by atoms with Crippen LogP contribution in [0.15, 0.2) is 72.3 Å². The molecule has 142 valence electrons. The van der Waals surface area contributed by atoms with Crippen LogP contribution in [-0.2, 0) is 13.6 Å². The second-order valence-corrected chi connectivity index (χ2v) is 6.71. The monoisotopic (exact) mass is 384 g/mol. The number of nitrogens with zero attached hydrogens (tertiary/aromatic N) is 4. The molecule has 29 heavy (non-hydrogen) atoms. The summed E-state index contributed by atoms with van der Waals surface area (Å²) in [5.41, 5.74) is 2.69. The molecule has 0 atom stereocenters. The van der Waals surface area contributed by atoms with Crippen LogP contribution in [0.4, 0.5) is 4.39 Å². The van der Waals surface area contributed by atoms with Gasteiger partial charge in [-0.25, -0.2) is 4.39 Å². The summed E-state index contributed by atoms with van der Waals surface area (Å²) in [4.78, 5) is 13.1. The fraction of sp³-hybridized carbons (Fsp3) is 0.0870. The highest BCUT2D eigenvalue weighted by Crippen LogP contribution is 2.33. The minimum atomic E-state index is -0.413. The van der Waals surface area contributed by atoms with E-state index < -0.39 is 5.82 Å². The van der Waals surface area contributed by atoms with Gasteiger partial charge in [-0.3, -0.25) is 14.0 Å². The maximum absolute atomic E-state index is 14.0. The molecule has 0 aliphatic heterocycles. The third-order valence-electron chi connectivity index (χ3n) is 4.84. The van der Waals surface area contributed by atoms with E-state index in [-0.39, 0.29) is 17.8 Å². The minimum Gasteiger partial charge on any atom is -0.295 e. The molecule has 2 aromatic carbocycles. The van der Waals surface area contributed by atoms with Gasteiger partial charge in [0.1, 0.15) is 17.6 Å². The van der Waals surface area contributed by atoms with Crippen LogP contribution in [0, 0.1) is 17.1 Å². The molecule has 0 spiro atoms. The average Bonchev–Trinajstić information content (AvgIpc) is 3.15. The molecule has 0 radical (unpaired) electrons. The number of hydrogen-bond acceptors (Lipinski definition) is 3. The number of benzene rings is 2. The van der Waals surface area contributed by atoms with Gasteiger partial charge in [-0.05, 0) is 40.8 Å². The number of rotatable bonds is 4. The smallest absolute Gasteiger partial charge is 0.259 e. The molecule has 4 rings (SSSR count). The molecule has 4 aromatic rings. The Morgan fingerprint density at radius 1 is 1.17 bits per heavy atom. The number of pyridine rings is 1. The van der Waals surface area contributed by atoms with E-state index in [9.17, 15) is 14.4 Å². The van der Waals surface area contributed by atoms with Crippen LogP contribution in [0.2, 0.25) is 0 Å². The van der Waals surface area contributed by atoms with Gasteiger partial charge in [0.15, 0.2) is 0 Å². The topological polar surface area (TPSA) is 63.6 Å². The van der Waals surface area contributed by atoms with E-state index in [1.165, 1.54) is 16.7 Å². The number of allylic oxidation sites excluding steroid dienone is 1. The zero-order valence-electron chi connectivity index (χ0n) is 15.8. The fourth-order valence-corrected chi connectivity index (χ4v) is 3.55. The highest BCUT2D eigenvalue weighted by atomic mass is 19.1. The van der Waals surface area contributed by atoms with E-state index >= 15 is 0 Å². The molecule has 0 saturated carbocycles. The average molecular weight is 384 g/mol. The van der Waals surface area contributed by atoms with Crippen LogP contribution in [-0.4, -0.2) is 14.3 Å². The molecule has 2 aromatic heterocycles. The molecule has 0 unspecified atom stereocenters. The van der Waals surface area contributed by atoms with Crippen molar-refractivity contribution in [3.05, 3.63) is 89.4 Å². The maximum Gasteiger partial charge on any atom is 0.259 e. The van der Waals surface area contributed by atoms with Gasteiger partial charge < -0.3 is 0 Å². The van der Waals surface area contributed by atoms with Crippen LogP contribution in [0.5, 0.6) is 0 Å². The lowest BCUT2D eigenvalue weighted by molar-refractivity contribution is 0.628. The molecule has 2 heterocycles. The summed E-state index contributed by atoms with van der Waals surface area (Å²) in [7, 11) is 1.82. The molecule has 0 fully saturated rings. The van der Waals surface area contributed by atoms with E-state index in [2.05, 4.69) is 17.7 Å². The Bertz CT molecular complexity index is 1360. The summed E-state index contributed by atoms with van der Waals surface area (Å²) in [6.07, 6.45) is 5.16. The molecule has 5 nitrogen and oxygen atoms in total. The summed E-state index contributed by atoms with van der Waals surface area (Å²) in [6.45, 7) is 3.87. The molecule has 0 saturated heterocycles. The highest BCUT2D eigenvalue weighted by molar-refractivity contribution is 6.00. The Balaban J connectivity index is 2.15. The van der Waals surface area contributed by atoms with Crippen molar-refractivity contribution < 1.29 is 4.39 Å². The van der Waals surface area contributed by atoms with E-state index in [1.807, 2.05) is 25.4 Å². The van der Waals surface area contributed by atoms with Crippen molar-refractivity contribution in [1.29, 1.82) is 5.26 Å². The first-order chi connectivity index (χ1) is 14.0. The number of aromatic nitrogens is 3. The lowest BCUT2D eigenvalue weighted by Crippen LogP contribution is -2.23. The summed E-state index contributed by atoms with van der Waals surface area (Å²) in [5.74, 6) is -0.413. The second kappa shape index (κ2) is 7.21. The summed E-state index contributed by atoms with van der Waals surface area (Å²) < 4.78 is 17.0. The third-order valence-corrected chi connectivity index (χ3v) is 4.84. The lowest BCUT2D eigenvalue weighted by atomic mass is 9.94. The van der Waals surface area contributed by atoms with Gasteiger partial charge >= 0.3 is 0 Å². The molecular formula is C23H17FN4O. The van der Waals surface area contributed by atoms with Gasteiger partial charge in [0.2, 0.25) is 0 Å². The van der Waals surface area contributed by atoms with Gasteiger partial charge in [0.05, 0.1) is 6.20 Å². The Morgan fingerprint density at radius 2 is 2.00 bits per heavy atom. The van der Waals surface area contributed by atoms with E-state index in [4.69, 9.17) is 0 Å². The van der Waals surface area contributed by atoms with Crippen LogP contribution in [0.3, 0.4) is 0 Å². The van der Waals surface area contributed by atoms with Crippen molar-refractivity contribution in [3.8, 4) is 28.3 Å². The number of aryl methyl sites for hydroxylation is 1. The highest BCUT2D eigenvalue weighted by Gasteiger charge is 2.19. The largest absolute Gasteiger partial charge is 0.295 e. The van der Waals surface area contributed by atoms with Crippen LogP contribution >= 0.6 is 0 Å². The zero-order valence-corrected chi connectivity index (χ0v) is 15.8. The first-order valence-electron chi connectivity index (χ1n) is 9.00. The zero-order chi connectivity index (χ0) is 20.5. The predicted molar refractivity (Wildman–Crippen MR) is 111 cm³/mol. The van der Waals surface area contributed by atoms with Gasteiger partial charge in [0, 0.05) is 36.3 Å². The van der Waals surface area contributed by atoms with Crippen molar-refractivity contribution in [2.45, 2.75) is 6.54 Å². The third kappa shape index (κ3) is 3.13. The Hall–Kier alpha value is -3.98. The van der Waals surface area contributed by atoms with Crippen molar-refractivity contribution in [2.75, 3.05) is 0 Å². The molecule has 0 bridgehead atoms. The van der Waals surface area contributed by atoms with E-state index in [1.54, 1.807) is 35.2 Å². The summed E-state index contributed by atoms with van der Waals surface area (Å²) in [5, 5.41) is 15.1. The molecule has 6 heteroatoms. The summed E-state index contributed by atoms with van der Waals surface area (Å²) in [6, 6.07) is 13.6. The number of nitriles is 1. The molecule has 0 amide bonds. The predicted octanol–water partition coefficient (Wildman–Crippen LogP) is 4.27. The fourth-order valence-electron chi connectivity index (χ4n) is 3.55. The van der Waals surface area contributed by atoms with Crippen molar-refractivity contribution in [3.63, 3.8) is 0 Å². The lowest BCUT2D eigenvalue weighted by Gasteiger charge is -2.15. The Morgan fingerprint density at radius 3 is 2.66 bits per heavy atom. The normalized spacial score (nSPS) is 10.8. The number of halogens is 1. The quantitative estimate of drug-likeness (QED) is 0.494. The van der Waals surface area contributed by atoms with Gasteiger partial charge in [-0.1, -0.05) is 24.3 Å². The van der Waals surface area contributed by atoms with E-state index in [0.29, 0.717) is 21.9 Å². The van der Waals surface area contributed by atoms with Crippen LogP contribution in [0.25, 0.3) is 33.0 Å². The van der Waals surface area contributed by atoms with Gasteiger partial charge in [-0.2, -0.15) is 10.4 Å².